The zero-order valence-electron chi connectivity index (χ0n) is 28.4. The Labute approximate surface area is 283 Å². The molecule has 0 saturated carbocycles. The molecule has 0 radical (unpaired) electrons. The molecule has 0 bridgehead atoms. The standard InChI is InChI=1S/C35H53N3O10/c1-2-3-4-5-6-9-17-44-19-21-46-23-25-48-26-24-47-22-20-45-18-10-7-8-14-30(39)36-28-13-11-12-27-32(28)35(43)38(34(27)42)29-15-16-31(40)37-33(29)41/h11-13,29H,2-10,14-26H2,1H3,(H,36,39)(H,37,40,41). The predicted molar refractivity (Wildman–Crippen MR) is 178 cm³/mol. The summed E-state index contributed by atoms with van der Waals surface area (Å²) in [6.07, 6.45) is 10.1. The fraction of sp³-hybridized carbons (Fsp3) is 0.686. The number of hydrogen-bond donors (Lipinski definition) is 2. The van der Waals surface area contributed by atoms with Crippen LogP contribution in [-0.2, 0) is 38.1 Å². The third kappa shape index (κ3) is 13.7. The number of benzene rings is 1. The Hall–Kier alpha value is -3.23. The van der Waals surface area contributed by atoms with E-state index in [9.17, 15) is 24.0 Å². The van der Waals surface area contributed by atoms with Crippen LogP contribution in [0, 0.1) is 0 Å². The molecule has 268 valence electrons. The van der Waals surface area contributed by atoms with Gasteiger partial charge in [-0.15, -0.1) is 0 Å². The SMILES string of the molecule is CCCCCCCCOCCOCCOCCOCCOCCCCCC(=O)Nc1cccc2c1C(=O)N(C1CCC(=O)NC1=O)C2=O. The number of amides is 5. The molecule has 2 heterocycles. The summed E-state index contributed by atoms with van der Waals surface area (Å²) in [4.78, 5) is 63.4. The highest BCUT2D eigenvalue weighted by molar-refractivity contribution is 6.26. The summed E-state index contributed by atoms with van der Waals surface area (Å²) in [5.74, 6) is -2.67. The van der Waals surface area contributed by atoms with Gasteiger partial charge in [-0.05, 0) is 37.8 Å². The maximum absolute atomic E-state index is 13.2. The first-order chi connectivity index (χ1) is 23.4. The Kier molecular flexibility index (Phi) is 18.9. The lowest BCUT2D eigenvalue weighted by atomic mass is 10.0. The Morgan fingerprint density at radius 2 is 1.27 bits per heavy atom. The minimum Gasteiger partial charge on any atom is -0.379 e. The van der Waals surface area contributed by atoms with Crippen LogP contribution in [0.3, 0.4) is 0 Å². The van der Waals surface area contributed by atoms with Gasteiger partial charge in [-0.1, -0.05) is 51.5 Å². The summed E-state index contributed by atoms with van der Waals surface area (Å²) < 4.78 is 27.7. The number of imide groups is 2. The van der Waals surface area contributed by atoms with E-state index in [-0.39, 0.29) is 42.0 Å². The summed E-state index contributed by atoms with van der Waals surface area (Å²) >= 11 is 0. The zero-order valence-corrected chi connectivity index (χ0v) is 28.4. The van der Waals surface area contributed by atoms with E-state index in [2.05, 4.69) is 17.6 Å². The molecule has 1 unspecified atom stereocenters. The van der Waals surface area contributed by atoms with Gasteiger partial charge >= 0.3 is 0 Å². The Bertz CT molecular complexity index is 1180. The van der Waals surface area contributed by atoms with E-state index < -0.39 is 29.7 Å². The highest BCUT2D eigenvalue weighted by Gasteiger charge is 2.45. The van der Waals surface area contributed by atoms with E-state index in [4.69, 9.17) is 23.7 Å². The molecule has 1 fully saturated rings. The van der Waals surface area contributed by atoms with E-state index in [1.165, 1.54) is 38.2 Å². The maximum Gasteiger partial charge on any atom is 0.264 e. The average Bonchev–Trinajstić information content (AvgIpc) is 3.32. The number of anilines is 1. The van der Waals surface area contributed by atoms with Crippen molar-refractivity contribution in [3.05, 3.63) is 29.3 Å². The van der Waals surface area contributed by atoms with Crippen LogP contribution in [0.5, 0.6) is 0 Å². The smallest absolute Gasteiger partial charge is 0.264 e. The topological polar surface area (TPSA) is 159 Å². The number of fused-ring (bicyclic) bond motifs is 1. The zero-order chi connectivity index (χ0) is 34.4. The number of carbonyl (C=O) groups is 5. The number of ether oxygens (including phenoxy) is 5. The molecule has 5 amide bonds. The van der Waals surface area contributed by atoms with Crippen LogP contribution in [-0.4, -0.2) is 107 Å². The van der Waals surface area contributed by atoms with Gasteiger partial charge in [0.15, 0.2) is 0 Å². The summed E-state index contributed by atoms with van der Waals surface area (Å²) in [6, 6.07) is 3.56. The molecule has 13 nitrogen and oxygen atoms in total. The van der Waals surface area contributed by atoms with Crippen molar-refractivity contribution < 1.29 is 47.7 Å². The Balaban J connectivity index is 1.13. The van der Waals surface area contributed by atoms with Crippen molar-refractivity contribution in [3.8, 4) is 0 Å². The first kappa shape index (κ1) is 39.2. The molecular weight excluding hydrogens is 622 g/mol. The Morgan fingerprint density at radius 1 is 0.729 bits per heavy atom. The molecule has 2 aliphatic heterocycles. The van der Waals surface area contributed by atoms with Gasteiger partial charge in [0.25, 0.3) is 11.8 Å². The molecule has 48 heavy (non-hydrogen) atoms. The number of piperidine rings is 1. The summed E-state index contributed by atoms with van der Waals surface area (Å²) in [6.45, 7) is 7.76. The first-order valence-corrected chi connectivity index (χ1v) is 17.5. The minimum absolute atomic E-state index is 0.0367. The maximum atomic E-state index is 13.2. The van der Waals surface area contributed by atoms with Gasteiger partial charge in [-0.25, -0.2) is 0 Å². The molecule has 13 heteroatoms. The van der Waals surface area contributed by atoms with Crippen molar-refractivity contribution in [2.45, 2.75) is 90.0 Å². The second-order valence-electron chi connectivity index (χ2n) is 11.9. The predicted octanol–water partition coefficient (Wildman–Crippen LogP) is 4.03. The monoisotopic (exact) mass is 675 g/mol. The van der Waals surface area contributed by atoms with Gasteiger partial charge in [0.2, 0.25) is 17.7 Å². The van der Waals surface area contributed by atoms with Crippen LogP contribution in [0.15, 0.2) is 18.2 Å². The van der Waals surface area contributed by atoms with Crippen molar-refractivity contribution in [1.82, 2.24) is 10.2 Å². The van der Waals surface area contributed by atoms with E-state index >= 15 is 0 Å². The van der Waals surface area contributed by atoms with E-state index in [0.717, 1.165) is 30.8 Å². The summed E-state index contributed by atoms with van der Waals surface area (Å²) in [5, 5.41) is 4.91. The summed E-state index contributed by atoms with van der Waals surface area (Å²) in [7, 11) is 0. The lowest BCUT2D eigenvalue weighted by Crippen LogP contribution is -2.54. The minimum atomic E-state index is -1.06. The van der Waals surface area contributed by atoms with Crippen LogP contribution in [0.25, 0.3) is 0 Å². The number of carbonyl (C=O) groups excluding carboxylic acids is 5. The first-order valence-electron chi connectivity index (χ1n) is 17.5. The fourth-order valence-electron chi connectivity index (χ4n) is 5.46. The lowest BCUT2D eigenvalue weighted by Gasteiger charge is -2.27. The number of nitrogens with zero attached hydrogens (tertiary/aromatic N) is 1. The molecular formula is C35H53N3O10. The highest BCUT2D eigenvalue weighted by atomic mass is 16.6. The summed E-state index contributed by atoms with van der Waals surface area (Å²) in [5.41, 5.74) is 0.413. The Morgan fingerprint density at radius 3 is 1.85 bits per heavy atom. The van der Waals surface area contributed by atoms with Gasteiger partial charge < -0.3 is 29.0 Å². The molecule has 2 N–H and O–H groups in total. The fourth-order valence-corrected chi connectivity index (χ4v) is 5.46. The van der Waals surface area contributed by atoms with Crippen molar-refractivity contribution in [3.63, 3.8) is 0 Å². The van der Waals surface area contributed by atoms with E-state index in [1.807, 2.05) is 0 Å². The largest absolute Gasteiger partial charge is 0.379 e. The third-order valence-corrected chi connectivity index (χ3v) is 8.06. The molecule has 0 spiro atoms. The number of hydrogen-bond acceptors (Lipinski definition) is 10. The van der Waals surface area contributed by atoms with Crippen molar-refractivity contribution in [2.24, 2.45) is 0 Å². The average molecular weight is 676 g/mol. The highest BCUT2D eigenvalue weighted by Crippen LogP contribution is 2.32. The lowest BCUT2D eigenvalue weighted by molar-refractivity contribution is -0.136. The molecule has 1 aromatic rings. The number of unbranched alkanes of at least 4 members (excludes halogenated alkanes) is 7. The third-order valence-electron chi connectivity index (χ3n) is 8.06. The number of rotatable bonds is 27. The molecule has 1 saturated heterocycles. The van der Waals surface area contributed by atoms with Crippen LogP contribution in [0.4, 0.5) is 5.69 Å². The van der Waals surface area contributed by atoms with Crippen LogP contribution < -0.4 is 10.6 Å². The quantitative estimate of drug-likeness (QED) is 0.103. The normalized spacial score (nSPS) is 16.0. The van der Waals surface area contributed by atoms with E-state index in [1.54, 1.807) is 12.1 Å². The van der Waals surface area contributed by atoms with Crippen LogP contribution in [0.2, 0.25) is 0 Å². The second kappa shape index (κ2) is 23.2. The van der Waals surface area contributed by atoms with Gasteiger partial charge in [-0.3, -0.25) is 34.2 Å². The van der Waals surface area contributed by atoms with Crippen LogP contribution >= 0.6 is 0 Å². The molecule has 2 aliphatic rings. The van der Waals surface area contributed by atoms with Gasteiger partial charge in [0.05, 0.1) is 69.7 Å². The van der Waals surface area contributed by atoms with Gasteiger partial charge in [-0.2, -0.15) is 0 Å². The van der Waals surface area contributed by atoms with E-state index in [0.29, 0.717) is 65.9 Å². The van der Waals surface area contributed by atoms with Crippen molar-refractivity contribution in [2.75, 3.05) is 71.4 Å². The van der Waals surface area contributed by atoms with Gasteiger partial charge in [0, 0.05) is 26.1 Å². The molecule has 0 aromatic heterocycles. The van der Waals surface area contributed by atoms with Gasteiger partial charge in [0.1, 0.15) is 6.04 Å². The number of nitrogens with one attached hydrogen (secondary N) is 2. The second-order valence-corrected chi connectivity index (χ2v) is 11.9. The molecule has 3 rings (SSSR count). The molecule has 0 aliphatic carbocycles. The van der Waals surface area contributed by atoms with Crippen molar-refractivity contribution in [1.29, 1.82) is 0 Å². The molecule has 1 atom stereocenters. The molecule has 1 aromatic carbocycles. The van der Waals surface area contributed by atoms with Crippen LogP contribution in [0.1, 0.15) is 105 Å². The van der Waals surface area contributed by atoms with Crippen molar-refractivity contribution >= 4 is 35.2 Å².